The molecule has 4 heteroatoms. The summed E-state index contributed by atoms with van der Waals surface area (Å²) in [6.45, 7) is 0. The van der Waals surface area contributed by atoms with Crippen LogP contribution in [0.25, 0.3) is 0 Å². The fourth-order valence-electron chi connectivity index (χ4n) is 4.14. The second-order valence-electron chi connectivity index (χ2n) is 6.19. The van der Waals surface area contributed by atoms with Gasteiger partial charge in [0, 0.05) is 17.2 Å². The zero-order chi connectivity index (χ0) is 14.0. The third kappa shape index (κ3) is 2.10. The molecule has 20 heavy (non-hydrogen) atoms. The van der Waals surface area contributed by atoms with Gasteiger partial charge in [0.2, 0.25) is 0 Å². The normalized spacial score (nSPS) is 28.5. The maximum Gasteiger partial charge on any atom is 0.174 e. The Bertz CT molecular complexity index is 538. The molecule has 2 saturated carbocycles. The lowest BCUT2D eigenvalue weighted by Crippen LogP contribution is -2.54. The smallest absolute Gasteiger partial charge is 0.174 e. The summed E-state index contributed by atoms with van der Waals surface area (Å²) in [5.41, 5.74) is 1.81. The van der Waals surface area contributed by atoms with Crippen LogP contribution in [0, 0.1) is 28.6 Å². The number of fused-ring (bicyclic) bond motifs is 2. The predicted molar refractivity (Wildman–Crippen MR) is 76.6 cm³/mol. The van der Waals surface area contributed by atoms with Crippen LogP contribution in [-0.4, -0.2) is 11.3 Å². The van der Waals surface area contributed by atoms with E-state index in [1.807, 2.05) is 0 Å². The first-order chi connectivity index (χ1) is 9.79. The van der Waals surface area contributed by atoms with Crippen molar-refractivity contribution in [2.75, 3.05) is 0 Å². The highest BCUT2D eigenvalue weighted by atomic mass is 15.0. The van der Waals surface area contributed by atoms with E-state index in [4.69, 9.17) is 0 Å². The van der Waals surface area contributed by atoms with Gasteiger partial charge in [0.1, 0.15) is 12.1 Å². The fraction of sp³-hybridized carbons (Fsp3) is 0.688. The van der Waals surface area contributed by atoms with Gasteiger partial charge in [-0.1, -0.05) is 25.7 Å². The SMILES string of the molecule is N#CC1=C(C#N)NC2(CCCCC2)C2CCCCC2=N1. The molecule has 0 aromatic heterocycles. The van der Waals surface area contributed by atoms with Gasteiger partial charge in [0.25, 0.3) is 0 Å². The van der Waals surface area contributed by atoms with Gasteiger partial charge >= 0.3 is 0 Å². The number of hydrogen-bond acceptors (Lipinski definition) is 4. The Hall–Kier alpha value is -1.81. The van der Waals surface area contributed by atoms with E-state index in [0.717, 1.165) is 37.8 Å². The lowest BCUT2D eigenvalue weighted by atomic mass is 9.66. The molecule has 0 amide bonds. The van der Waals surface area contributed by atoms with Crippen molar-refractivity contribution in [2.45, 2.75) is 63.3 Å². The third-order valence-corrected chi connectivity index (χ3v) is 5.07. The first-order valence-electron chi connectivity index (χ1n) is 7.69. The molecule has 0 radical (unpaired) electrons. The van der Waals surface area contributed by atoms with Crippen LogP contribution in [0.3, 0.4) is 0 Å². The molecule has 1 aliphatic heterocycles. The van der Waals surface area contributed by atoms with Crippen LogP contribution in [0.1, 0.15) is 57.8 Å². The van der Waals surface area contributed by atoms with E-state index in [2.05, 4.69) is 22.4 Å². The standard InChI is InChI=1S/C16H20N4/c17-10-14-15(11-18)20-16(8-4-1-5-9-16)12-6-2-3-7-13(12)19-14/h12,20H,1-9H2. The summed E-state index contributed by atoms with van der Waals surface area (Å²) in [6, 6.07) is 4.27. The highest BCUT2D eigenvalue weighted by Gasteiger charge is 2.45. The zero-order valence-corrected chi connectivity index (χ0v) is 11.8. The minimum absolute atomic E-state index is 0.0266. The van der Waals surface area contributed by atoms with E-state index in [1.165, 1.54) is 25.7 Å². The zero-order valence-electron chi connectivity index (χ0n) is 11.8. The summed E-state index contributed by atoms with van der Waals surface area (Å²) in [4.78, 5) is 4.57. The van der Waals surface area contributed by atoms with Gasteiger partial charge in [-0.15, -0.1) is 0 Å². The number of nitrogens with one attached hydrogen (secondary N) is 1. The molecule has 0 bridgehead atoms. The second-order valence-corrected chi connectivity index (χ2v) is 6.19. The van der Waals surface area contributed by atoms with Crippen LogP contribution < -0.4 is 5.32 Å². The largest absolute Gasteiger partial charge is 0.368 e. The van der Waals surface area contributed by atoms with E-state index in [-0.39, 0.29) is 11.2 Å². The lowest BCUT2D eigenvalue weighted by molar-refractivity contribution is 0.186. The van der Waals surface area contributed by atoms with Crippen molar-refractivity contribution >= 4 is 5.71 Å². The third-order valence-electron chi connectivity index (χ3n) is 5.07. The molecule has 0 aromatic rings. The Morgan fingerprint density at radius 2 is 1.85 bits per heavy atom. The van der Waals surface area contributed by atoms with Gasteiger partial charge < -0.3 is 5.32 Å². The number of nitrogens with zero attached hydrogens (tertiary/aromatic N) is 3. The quantitative estimate of drug-likeness (QED) is 0.733. The average Bonchev–Trinajstić information content (AvgIpc) is 2.63. The molecule has 1 heterocycles. The Kier molecular flexibility index (Phi) is 3.49. The summed E-state index contributed by atoms with van der Waals surface area (Å²) < 4.78 is 0. The van der Waals surface area contributed by atoms with E-state index in [1.54, 1.807) is 0 Å². The maximum atomic E-state index is 9.37. The van der Waals surface area contributed by atoms with Crippen LogP contribution in [0.2, 0.25) is 0 Å². The van der Waals surface area contributed by atoms with Gasteiger partial charge in [-0.05, 0) is 32.1 Å². The molecule has 1 spiro atoms. The molecule has 2 aliphatic carbocycles. The van der Waals surface area contributed by atoms with Gasteiger partial charge in [-0.25, -0.2) is 4.99 Å². The summed E-state index contributed by atoms with van der Waals surface area (Å²) in [6.07, 6.45) is 10.4. The van der Waals surface area contributed by atoms with E-state index in [9.17, 15) is 10.5 Å². The Balaban J connectivity index is 2.07. The molecule has 4 nitrogen and oxygen atoms in total. The highest BCUT2D eigenvalue weighted by molar-refractivity contribution is 5.90. The van der Waals surface area contributed by atoms with Crippen molar-refractivity contribution in [2.24, 2.45) is 10.9 Å². The molecule has 1 unspecified atom stereocenters. The predicted octanol–water partition coefficient (Wildman–Crippen LogP) is 3.18. The van der Waals surface area contributed by atoms with Crippen molar-refractivity contribution < 1.29 is 0 Å². The Morgan fingerprint density at radius 3 is 2.55 bits per heavy atom. The van der Waals surface area contributed by atoms with E-state index < -0.39 is 0 Å². The molecule has 3 aliphatic rings. The van der Waals surface area contributed by atoms with Crippen LogP contribution in [0.5, 0.6) is 0 Å². The number of nitriles is 2. The van der Waals surface area contributed by atoms with Gasteiger partial charge in [-0.3, -0.25) is 0 Å². The summed E-state index contributed by atoms with van der Waals surface area (Å²) >= 11 is 0. The molecule has 0 saturated heterocycles. The van der Waals surface area contributed by atoms with Crippen molar-refractivity contribution in [3.05, 3.63) is 11.4 Å². The highest BCUT2D eigenvalue weighted by Crippen LogP contribution is 2.42. The molecular weight excluding hydrogens is 248 g/mol. The van der Waals surface area contributed by atoms with Crippen LogP contribution in [-0.2, 0) is 0 Å². The van der Waals surface area contributed by atoms with Crippen molar-refractivity contribution in [1.29, 1.82) is 10.5 Å². The summed E-state index contributed by atoms with van der Waals surface area (Å²) in [5, 5.41) is 22.1. The summed E-state index contributed by atoms with van der Waals surface area (Å²) in [7, 11) is 0. The molecule has 1 N–H and O–H groups in total. The van der Waals surface area contributed by atoms with Gasteiger partial charge in [0.15, 0.2) is 11.4 Å². The van der Waals surface area contributed by atoms with Gasteiger partial charge in [0.05, 0.1) is 0 Å². The molecule has 104 valence electrons. The first-order valence-corrected chi connectivity index (χ1v) is 7.69. The number of allylic oxidation sites excluding steroid dienone is 2. The van der Waals surface area contributed by atoms with Crippen molar-refractivity contribution in [3.63, 3.8) is 0 Å². The molecule has 1 atom stereocenters. The molecular formula is C16H20N4. The minimum atomic E-state index is -0.0266. The van der Waals surface area contributed by atoms with Crippen LogP contribution in [0.4, 0.5) is 0 Å². The number of aliphatic imine (C=N–C) groups is 1. The topological polar surface area (TPSA) is 72.0 Å². The fourth-order valence-corrected chi connectivity index (χ4v) is 4.14. The van der Waals surface area contributed by atoms with E-state index >= 15 is 0 Å². The summed E-state index contributed by atoms with van der Waals surface area (Å²) in [5.74, 6) is 0.408. The number of rotatable bonds is 0. The Morgan fingerprint density at radius 1 is 1.05 bits per heavy atom. The monoisotopic (exact) mass is 268 g/mol. The van der Waals surface area contributed by atoms with Crippen molar-refractivity contribution in [3.8, 4) is 12.1 Å². The second kappa shape index (κ2) is 5.29. The Labute approximate surface area is 120 Å². The number of hydrogen-bond donors (Lipinski definition) is 1. The average molecular weight is 268 g/mol. The molecule has 3 rings (SSSR count). The maximum absolute atomic E-state index is 9.37. The lowest BCUT2D eigenvalue weighted by Gasteiger charge is -2.45. The van der Waals surface area contributed by atoms with Crippen LogP contribution >= 0.6 is 0 Å². The molecule has 0 aromatic carbocycles. The minimum Gasteiger partial charge on any atom is -0.368 e. The molecule has 2 fully saturated rings. The van der Waals surface area contributed by atoms with Crippen LogP contribution in [0.15, 0.2) is 16.4 Å². The van der Waals surface area contributed by atoms with Crippen molar-refractivity contribution in [1.82, 2.24) is 5.32 Å². The van der Waals surface area contributed by atoms with Gasteiger partial charge in [-0.2, -0.15) is 10.5 Å². The first kappa shape index (κ1) is 13.2. The van der Waals surface area contributed by atoms with E-state index in [0.29, 0.717) is 11.6 Å².